The summed E-state index contributed by atoms with van der Waals surface area (Å²) < 4.78 is 23.8. The highest BCUT2D eigenvalue weighted by Crippen LogP contribution is 2.45. The van der Waals surface area contributed by atoms with Gasteiger partial charge in [-0.25, -0.2) is 18.4 Å². The molecule has 0 aromatic carbocycles. The summed E-state index contributed by atoms with van der Waals surface area (Å²) in [4.78, 5) is 23.1. The lowest BCUT2D eigenvalue weighted by atomic mass is 9.82. The van der Waals surface area contributed by atoms with Crippen molar-refractivity contribution < 1.29 is 13.2 Å². The molecule has 1 atom stereocenters. The Morgan fingerprint density at radius 3 is 2.83 bits per heavy atom. The van der Waals surface area contributed by atoms with E-state index in [-0.39, 0.29) is 18.8 Å². The maximum absolute atomic E-state index is 12.4. The first-order valence-corrected chi connectivity index (χ1v) is 10.1. The average Bonchev–Trinajstić information content (AvgIpc) is 3.11. The highest BCUT2D eigenvalue weighted by molar-refractivity contribution is 7.93. The monoisotopic (exact) mass is 364 g/mol. The van der Waals surface area contributed by atoms with Crippen molar-refractivity contribution in [2.45, 2.75) is 11.2 Å². The van der Waals surface area contributed by atoms with Crippen molar-refractivity contribution in [3.63, 3.8) is 0 Å². The van der Waals surface area contributed by atoms with Gasteiger partial charge in [-0.2, -0.15) is 0 Å². The Labute approximate surface area is 143 Å². The Morgan fingerprint density at radius 2 is 2.17 bits per heavy atom. The summed E-state index contributed by atoms with van der Waals surface area (Å²) in [5.41, 5.74) is 6.23. The second kappa shape index (κ2) is 5.25. The number of primary amides is 1. The number of carbonyl (C=O) groups excluding carboxylic acids is 1. The third-order valence-electron chi connectivity index (χ3n) is 4.94. The van der Waals surface area contributed by atoms with Crippen LogP contribution < -0.4 is 10.6 Å². The number of anilines is 1. The van der Waals surface area contributed by atoms with Gasteiger partial charge in [-0.3, -0.25) is 4.79 Å². The first-order chi connectivity index (χ1) is 11.4. The van der Waals surface area contributed by atoms with Crippen molar-refractivity contribution in [3.05, 3.63) is 29.9 Å². The molecule has 2 aromatic rings. The predicted octanol–water partition coefficient (Wildman–Crippen LogP) is 0.684. The molecule has 4 rings (SSSR count). The van der Waals surface area contributed by atoms with Gasteiger partial charge in [-0.15, -0.1) is 11.3 Å². The smallest absolute Gasteiger partial charge is 0.222 e. The van der Waals surface area contributed by atoms with Crippen LogP contribution in [0, 0.1) is 5.92 Å². The fourth-order valence-corrected chi connectivity index (χ4v) is 6.63. The van der Waals surface area contributed by atoms with E-state index in [1.54, 1.807) is 11.3 Å². The molecule has 2 aromatic heterocycles. The Balaban J connectivity index is 1.61. The van der Waals surface area contributed by atoms with Crippen LogP contribution in [0.1, 0.15) is 6.42 Å². The second-order valence-corrected chi connectivity index (χ2v) is 9.62. The van der Waals surface area contributed by atoms with Gasteiger partial charge in [0.05, 0.1) is 22.2 Å². The number of amides is 1. The molecule has 2 fully saturated rings. The van der Waals surface area contributed by atoms with Crippen molar-refractivity contribution in [3.8, 4) is 10.6 Å². The minimum absolute atomic E-state index is 0.0265. The summed E-state index contributed by atoms with van der Waals surface area (Å²) in [7, 11) is -3.32. The number of nitrogens with zero attached hydrogens (tertiary/aromatic N) is 3. The van der Waals surface area contributed by atoms with Crippen LogP contribution in [-0.2, 0) is 14.6 Å². The van der Waals surface area contributed by atoms with E-state index in [9.17, 15) is 13.2 Å². The molecule has 7 nitrogen and oxygen atoms in total. The number of carbonyl (C=O) groups is 1. The normalized spacial score (nSPS) is 24.0. The van der Waals surface area contributed by atoms with Crippen molar-refractivity contribution in [1.29, 1.82) is 0 Å². The standard InChI is InChI=1S/C15H16N4O3S2/c16-14(20)10-3-5-24(21,22)15(10)7-19(8-15)13-6-11(17-9-18-13)12-2-1-4-23-12/h1-2,4,6,9-10H,3,5,7-8H2,(H2,16,20). The SMILES string of the molecule is NC(=O)C1CCS(=O)(=O)C12CN(c1cc(-c3cccs3)ncn1)C2. The summed E-state index contributed by atoms with van der Waals surface area (Å²) in [6.45, 7) is 0.508. The number of sulfone groups is 1. The molecule has 4 heterocycles. The third kappa shape index (κ3) is 2.15. The summed E-state index contributed by atoms with van der Waals surface area (Å²) >= 11 is 1.58. The van der Waals surface area contributed by atoms with Crippen LogP contribution in [0.25, 0.3) is 10.6 Å². The number of hydrogen-bond acceptors (Lipinski definition) is 7. The molecule has 1 amide bonds. The van der Waals surface area contributed by atoms with E-state index >= 15 is 0 Å². The number of aromatic nitrogens is 2. The van der Waals surface area contributed by atoms with E-state index < -0.39 is 26.4 Å². The lowest BCUT2D eigenvalue weighted by Gasteiger charge is -2.49. The third-order valence-corrected chi connectivity index (χ3v) is 8.39. The summed E-state index contributed by atoms with van der Waals surface area (Å²) in [5.74, 6) is -0.446. The Morgan fingerprint density at radius 1 is 1.38 bits per heavy atom. The van der Waals surface area contributed by atoms with E-state index in [4.69, 9.17) is 5.73 Å². The minimum Gasteiger partial charge on any atom is -0.369 e. The molecule has 126 valence electrons. The molecule has 2 saturated heterocycles. The van der Waals surface area contributed by atoms with E-state index in [0.717, 1.165) is 10.6 Å². The maximum atomic E-state index is 12.4. The number of thiophene rings is 1. The first kappa shape index (κ1) is 15.5. The van der Waals surface area contributed by atoms with Crippen molar-refractivity contribution >= 4 is 32.9 Å². The quantitative estimate of drug-likeness (QED) is 0.858. The highest BCUT2D eigenvalue weighted by Gasteiger charge is 2.63. The zero-order valence-electron chi connectivity index (χ0n) is 12.8. The van der Waals surface area contributed by atoms with Gasteiger partial charge in [-0.1, -0.05) is 6.07 Å². The Kier molecular flexibility index (Phi) is 3.40. The Hall–Kier alpha value is -2.00. The molecular formula is C15H16N4O3S2. The van der Waals surface area contributed by atoms with Crippen LogP contribution in [0.4, 0.5) is 5.82 Å². The molecular weight excluding hydrogens is 348 g/mol. The van der Waals surface area contributed by atoms with Gasteiger partial charge in [0.2, 0.25) is 5.91 Å². The Bertz CT molecular complexity index is 889. The molecule has 0 saturated carbocycles. The first-order valence-electron chi connectivity index (χ1n) is 7.55. The van der Waals surface area contributed by atoms with Crippen molar-refractivity contribution in [2.75, 3.05) is 23.7 Å². The van der Waals surface area contributed by atoms with Crippen molar-refractivity contribution in [1.82, 2.24) is 9.97 Å². The zero-order valence-corrected chi connectivity index (χ0v) is 14.4. The molecule has 24 heavy (non-hydrogen) atoms. The van der Waals surface area contributed by atoms with Crippen LogP contribution in [0.15, 0.2) is 29.9 Å². The molecule has 2 aliphatic rings. The van der Waals surface area contributed by atoms with Gasteiger partial charge in [0.1, 0.15) is 16.9 Å². The van der Waals surface area contributed by atoms with E-state index in [1.807, 2.05) is 28.5 Å². The van der Waals surface area contributed by atoms with Gasteiger partial charge in [0, 0.05) is 19.2 Å². The predicted molar refractivity (Wildman–Crippen MR) is 91.4 cm³/mol. The maximum Gasteiger partial charge on any atom is 0.222 e. The molecule has 0 aliphatic carbocycles. The second-order valence-electron chi connectivity index (χ2n) is 6.22. The van der Waals surface area contributed by atoms with Crippen LogP contribution >= 0.6 is 11.3 Å². The molecule has 2 aliphatic heterocycles. The van der Waals surface area contributed by atoms with Crippen LogP contribution in [-0.4, -0.2) is 47.9 Å². The van der Waals surface area contributed by atoms with Gasteiger partial charge < -0.3 is 10.6 Å². The molecule has 1 spiro atoms. The topological polar surface area (TPSA) is 106 Å². The van der Waals surface area contributed by atoms with Gasteiger partial charge >= 0.3 is 0 Å². The van der Waals surface area contributed by atoms with Gasteiger partial charge in [0.25, 0.3) is 0 Å². The number of hydrogen-bond donors (Lipinski definition) is 1. The van der Waals surface area contributed by atoms with E-state index in [2.05, 4.69) is 9.97 Å². The summed E-state index contributed by atoms with van der Waals surface area (Å²) in [6, 6.07) is 5.77. The minimum atomic E-state index is -3.32. The molecule has 0 bridgehead atoms. The zero-order chi connectivity index (χ0) is 16.9. The largest absolute Gasteiger partial charge is 0.369 e. The highest BCUT2D eigenvalue weighted by atomic mass is 32.2. The van der Waals surface area contributed by atoms with Crippen molar-refractivity contribution in [2.24, 2.45) is 11.7 Å². The summed E-state index contributed by atoms with van der Waals surface area (Å²) in [6.07, 6.45) is 1.79. The molecule has 0 radical (unpaired) electrons. The fourth-order valence-electron chi connectivity index (χ4n) is 3.62. The van der Waals surface area contributed by atoms with E-state index in [1.165, 1.54) is 6.33 Å². The lowest BCUT2D eigenvalue weighted by molar-refractivity contribution is -0.122. The molecule has 9 heteroatoms. The fraction of sp³-hybridized carbons (Fsp3) is 0.400. The van der Waals surface area contributed by atoms with Crippen LogP contribution in [0.2, 0.25) is 0 Å². The van der Waals surface area contributed by atoms with Gasteiger partial charge in [-0.05, 0) is 17.9 Å². The number of nitrogens with two attached hydrogens (primary N) is 1. The van der Waals surface area contributed by atoms with Crippen LogP contribution in [0.5, 0.6) is 0 Å². The van der Waals surface area contributed by atoms with Crippen LogP contribution in [0.3, 0.4) is 0 Å². The molecule has 1 unspecified atom stereocenters. The van der Waals surface area contributed by atoms with E-state index in [0.29, 0.717) is 12.2 Å². The number of rotatable bonds is 3. The molecule has 2 N–H and O–H groups in total. The summed E-state index contributed by atoms with van der Waals surface area (Å²) in [5, 5.41) is 1.97. The van der Waals surface area contributed by atoms with Gasteiger partial charge in [0.15, 0.2) is 9.84 Å². The lowest BCUT2D eigenvalue weighted by Crippen LogP contribution is -2.69. The average molecular weight is 364 g/mol.